The third kappa shape index (κ3) is 3.91. The normalized spacial score (nSPS) is 11.9. The fraction of sp³-hybridized carbons (Fsp3) is 0.286. The number of hydrogen-bond acceptors (Lipinski definition) is 5. The zero-order valence-electron chi connectivity index (χ0n) is 11.3. The van der Waals surface area contributed by atoms with Crippen LogP contribution in [-0.2, 0) is 6.42 Å². The highest BCUT2D eigenvalue weighted by molar-refractivity contribution is 9.10. The van der Waals surface area contributed by atoms with Gasteiger partial charge < -0.3 is 10.7 Å². The molecule has 2 aromatic rings. The topological polar surface area (TPSA) is 75.9 Å². The second-order valence-electron chi connectivity index (χ2n) is 4.60. The Balaban J connectivity index is 1.93. The van der Waals surface area contributed by atoms with Gasteiger partial charge in [-0.25, -0.2) is 15.8 Å². The maximum absolute atomic E-state index is 5.39. The van der Waals surface area contributed by atoms with Crippen molar-refractivity contribution < 1.29 is 0 Å². The van der Waals surface area contributed by atoms with Gasteiger partial charge in [-0.15, -0.1) is 0 Å². The first-order chi connectivity index (χ1) is 9.70. The summed E-state index contributed by atoms with van der Waals surface area (Å²) in [7, 11) is 0. The van der Waals surface area contributed by atoms with Crippen molar-refractivity contribution >= 4 is 27.6 Å². The average Bonchev–Trinajstić information content (AvgIpc) is 2.48. The van der Waals surface area contributed by atoms with Crippen LogP contribution in [0.2, 0.25) is 0 Å². The molecule has 0 saturated carbocycles. The fourth-order valence-electron chi connectivity index (χ4n) is 1.90. The number of aromatic nitrogens is 2. The molecule has 20 heavy (non-hydrogen) atoms. The predicted molar refractivity (Wildman–Crippen MR) is 85.4 cm³/mol. The predicted octanol–water partition coefficient (Wildman–Crippen LogP) is 2.96. The van der Waals surface area contributed by atoms with Crippen molar-refractivity contribution in [1.29, 1.82) is 0 Å². The van der Waals surface area contributed by atoms with Gasteiger partial charge in [0.1, 0.15) is 16.6 Å². The summed E-state index contributed by atoms with van der Waals surface area (Å²) in [5.74, 6) is 6.70. The third-order valence-corrected chi connectivity index (χ3v) is 3.77. The highest BCUT2D eigenvalue weighted by atomic mass is 79.9. The summed E-state index contributed by atoms with van der Waals surface area (Å²) in [6.45, 7) is 2.13. The van der Waals surface area contributed by atoms with E-state index >= 15 is 0 Å². The van der Waals surface area contributed by atoms with Gasteiger partial charge in [-0.05, 0) is 41.3 Å². The Morgan fingerprint density at radius 1 is 1.20 bits per heavy atom. The minimum atomic E-state index is 0.298. The molecule has 0 radical (unpaired) electrons. The van der Waals surface area contributed by atoms with E-state index in [0.29, 0.717) is 11.9 Å². The van der Waals surface area contributed by atoms with Gasteiger partial charge >= 0.3 is 0 Å². The van der Waals surface area contributed by atoms with Crippen LogP contribution in [0.1, 0.15) is 18.9 Å². The Morgan fingerprint density at radius 2 is 1.90 bits per heavy atom. The smallest absolute Gasteiger partial charge is 0.159 e. The molecule has 0 fully saturated rings. The molecular formula is C14H18BrN5. The molecule has 0 aliphatic carbocycles. The van der Waals surface area contributed by atoms with E-state index in [1.165, 1.54) is 11.9 Å². The molecule has 0 saturated heterocycles. The van der Waals surface area contributed by atoms with Crippen LogP contribution in [-0.4, -0.2) is 16.0 Å². The molecule has 1 atom stereocenters. The molecule has 0 spiro atoms. The summed E-state index contributed by atoms with van der Waals surface area (Å²) in [5, 5.41) is 3.36. The highest BCUT2D eigenvalue weighted by Crippen LogP contribution is 2.26. The molecular weight excluding hydrogens is 318 g/mol. The number of aryl methyl sites for hydroxylation is 1. The lowest BCUT2D eigenvalue weighted by molar-refractivity contribution is 0.702. The minimum absolute atomic E-state index is 0.298. The Kier molecular flexibility index (Phi) is 5.31. The van der Waals surface area contributed by atoms with Gasteiger partial charge in [0, 0.05) is 6.04 Å². The lowest BCUT2D eigenvalue weighted by atomic mass is 10.1. The van der Waals surface area contributed by atoms with E-state index in [9.17, 15) is 0 Å². The first kappa shape index (κ1) is 14.7. The van der Waals surface area contributed by atoms with Gasteiger partial charge in [-0.3, -0.25) is 0 Å². The highest BCUT2D eigenvalue weighted by Gasteiger charge is 2.10. The van der Waals surface area contributed by atoms with Crippen molar-refractivity contribution in [3.63, 3.8) is 0 Å². The van der Waals surface area contributed by atoms with Crippen LogP contribution >= 0.6 is 15.9 Å². The maximum Gasteiger partial charge on any atom is 0.159 e. The summed E-state index contributed by atoms with van der Waals surface area (Å²) in [5.41, 5.74) is 3.87. The Bertz CT molecular complexity index is 547. The molecule has 5 nitrogen and oxygen atoms in total. The molecule has 106 valence electrons. The number of anilines is 2. The van der Waals surface area contributed by atoms with Crippen LogP contribution in [0.25, 0.3) is 0 Å². The van der Waals surface area contributed by atoms with Crippen LogP contribution in [0, 0.1) is 0 Å². The van der Waals surface area contributed by atoms with Crippen molar-refractivity contribution in [2.45, 2.75) is 25.8 Å². The summed E-state index contributed by atoms with van der Waals surface area (Å²) >= 11 is 3.44. The second kappa shape index (κ2) is 7.21. The van der Waals surface area contributed by atoms with E-state index in [1.54, 1.807) is 0 Å². The minimum Gasteiger partial charge on any atom is -0.367 e. The molecule has 1 unspecified atom stereocenters. The number of nitrogen functional groups attached to an aromatic ring is 1. The molecule has 6 heteroatoms. The first-order valence-corrected chi connectivity index (χ1v) is 7.27. The molecule has 2 rings (SSSR count). The van der Waals surface area contributed by atoms with E-state index in [4.69, 9.17) is 5.84 Å². The van der Waals surface area contributed by atoms with Crippen molar-refractivity contribution in [3.05, 3.63) is 46.7 Å². The van der Waals surface area contributed by atoms with Crippen molar-refractivity contribution in [3.8, 4) is 0 Å². The van der Waals surface area contributed by atoms with Gasteiger partial charge in [0.05, 0.1) is 0 Å². The number of rotatable bonds is 6. The lowest BCUT2D eigenvalue weighted by Gasteiger charge is -2.16. The Labute approximate surface area is 127 Å². The largest absolute Gasteiger partial charge is 0.367 e. The van der Waals surface area contributed by atoms with E-state index in [0.717, 1.165) is 23.1 Å². The van der Waals surface area contributed by atoms with Crippen LogP contribution in [0.5, 0.6) is 0 Å². The monoisotopic (exact) mass is 335 g/mol. The van der Waals surface area contributed by atoms with Crippen molar-refractivity contribution in [1.82, 2.24) is 9.97 Å². The molecule has 4 N–H and O–H groups in total. The standard InChI is InChI=1S/C14H18BrN5/c1-10(7-8-11-5-3-2-4-6-11)19-13-12(15)14(20-16)18-9-17-13/h2-6,9-10H,7-8,16H2,1H3,(H2,17,18,19,20). The number of hydrazine groups is 1. The SMILES string of the molecule is CC(CCc1ccccc1)Nc1ncnc(NN)c1Br. The molecule has 0 amide bonds. The van der Waals surface area contributed by atoms with E-state index in [1.807, 2.05) is 6.07 Å². The number of hydrogen-bond donors (Lipinski definition) is 3. The number of halogens is 1. The molecule has 0 aliphatic rings. The van der Waals surface area contributed by atoms with Crippen LogP contribution in [0.3, 0.4) is 0 Å². The van der Waals surface area contributed by atoms with Crippen LogP contribution < -0.4 is 16.6 Å². The van der Waals surface area contributed by atoms with Crippen molar-refractivity contribution in [2.75, 3.05) is 10.7 Å². The van der Waals surface area contributed by atoms with E-state index < -0.39 is 0 Å². The van der Waals surface area contributed by atoms with E-state index in [2.05, 4.69) is 67.8 Å². The Morgan fingerprint density at radius 3 is 2.60 bits per heavy atom. The first-order valence-electron chi connectivity index (χ1n) is 6.48. The van der Waals surface area contributed by atoms with Crippen LogP contribution in [0.4, 0.5) is 11.6 Å². The molecule has 0 bridgehead atoms. The van der Waals surface area contributed by atoms with Gasteiger partial charge in [0.2, 0.25) is 0 Å². The fourth-order valence-corrected chi connectivity index (χ4v) is 2.34. The summed E-state index contributed by atoms with van der Waals surface area (Å²) in [6.07, 6.45) is 3.53. The number of nitrogens with two attached hydrogens (primary N) is 1. The average molecular weight is 336 g/mol. The van der Waals surface area contributed by atoms with Gasteiger partial charge in [0.15, 0.2) is 5.82 Å². The van der Waals surface area contributed by atoms with Crippen LogP contribution in [0.15, 0.2) is 41.1 Å². The number of nitrogens with zero attached hydrogens (tertiary/aromatic N) is 2. The zero-order chi connectivity index (χ0) is 14.4. The molecule has 0 aliphatic heterocycles. The third-order valence-electron chi connectivity index (χ3n) is 3.02. The van der Waals surface area contributed by atoms with Crippen molar-refractivity contribution in [2.24, 2.45) is 5.84 Å². The molecule has 1 aromatic heterocycles. The molecule has 1 heterocycles. The number of nitrogens with one attached hydrogen (secondary N) is 2. The Hall–Kier alpha value is -1.66. The zero-order valence-corrected chi connectivity index (χ0v) is 12.9. The summed E-state index contributed by atoms with van der Waals surface area (Å²) in [4.78, 5) is 8.24. The second-order valence-corrected chi connectivity index (χ2v) is 5.39. The number of benzene rings is 1. The van der Waals surface area contributed by atoms with Gasteiger partial charge in [0.25, 0.3) is 0 Å². The lowest BCUT2D eigenvalue weighted by Crippen LogP contribution is -2.18. The molecule has 1 aromatic carbocycles. The van der Waals surface area contributed by atoms with E-state index in [-0.39, 0.29) is 0 Å². The summed E-state index contributed by atoms with van der Waals surface area (Å²) in [6, 6.07) is 10.7. The maximum atomic E-state index is 5.39. The summed E-state index contributed by atoms with van der Waals surface area (Å²) < 4.78 is 0.745. The quantitative estimate of drug-likeness (QED) is 0.559. The van der Waals surface area contributed by atoms with Gasteiger partial charge in [-0.2, -0.15) is 0 Å². The van der Waals surface area contributed by atoms with Gasteiger partial charge in [-0.1, -0.05) is 30.3 Å².